The fourth-order valence-corrected chi connectivity index (χ4v) is 3.39. The zero-order valence-electron chi connectivity index (χ0n) is 8.54. The SMILES string of the molecule is C=CCCNS(=O)(=O)C1CCCCC1. The van der Waals surface area contributed by atoms with Gasteiger partial charge in [0.1, 0.15) is 0 Å². The second kappa shape index (κ2) is 5.51. The van der Waals surface area contributed by atoms with E-state index in [1.807, 2.05) is 0 Å². The van der Waals surface area contributed by atoms with Gasteiger partial charge in [-0.05, 0) is 19.3 Å². The summed E-state index contributed by atoms with van der Waals surface area (Å²) in [6, 6.07) is 0. The van der Waals surface area contributed by atoms with Crippen LogP contribution in [-0.2, 0) is 10.0 Å². The van der Waals surface area contributed by atoms with Crippen molar-refractivity contribution in [3.05, 3.63) is 12.7 Å². The van der Waals surface area contributed by atoms with Crippen LogP contribution in [0.1, 0.15) is 38.5 Å². The molecule has 0 saturated heterocycles. The minimum Gasteiger partial charge on any atom is -0.215 e. The Hall–Kier alpha value is -0.350. The minimum atomic E-state index is -3.05. The summed E-state index contributed by atoms with van der Waals surface area (Å²) in [4.78, 5) is 0. The molecular formula is C10H19NO2S. The lowest BCUT2D eigenvalue weighted by Gasteiger charge is -2.21. The third-order valence-corrected chi connectivity index (χ3v) is 4.60. The van der Waals surface area contributed by atoms with Gasteiger partial charge in [0.15, 0.2) is 0 Å². The summed E-state index contributed by atoms with van der Waals surface area (Å²) in [5.41, 5.74) is 0. The van der Waals surface area contributed by atoms with Crippen molar-refractivity contribution >= 4 is 10.0 Å². The lowest BCUT2D eigenvalue weighted by molar-refractivity contribution is 0.478. The molecule has 1 fully saturated rings. The molecule has 0 spiro atoms. The third kappa shape index (κ3) is 3.42. The summed E-state index contributed by atoms with van der Waals surface area (Å²) >= 11 is 0. The van der Waals surface area contributed by atoms with Crippen molar-refractivity contribution in [3.8, 4) is 0 Å². The van der Waals surface area contributed by atoms with Crippen molar-refractivity contribution in [2.45, 2.75) is 43.8 Å². The van der Waals surface area contributed by atoms with Gasteiger partial charge in [-0.15, -0.1) is 6.58 Å². The molecule has 1 aliphatic rings. The number of rotatable bonds is 5. The fraction of sp³-hybridized carbons (Fsp3) is 0.800. The molecule has 0 heterocycles. The lowest BCUT2D eigenvalue weighted by atomic mass is 10.0. The molecule has 0 radical (unpaired) electrons. The van der Waals surface area contributed by atoms with Gasteiger partial charge in [0.2, 0.25) is 10.0 Å². The van der Waals surface area contributed by atoms with Gasteiger partial charge in [-0.1, -0.05) is 25.3 Å². The highest BCUT2D eigenvalue weighted by molar-refractivity contribution is 7.90. The first-order valence-corrected chi connectivity index (χ1v) is 6.81. The van der Waals surface area contributed by atoms with Crippen LogP contribution in [0.4, 0.5) is 0 Å². The average Bonchev–Trinajstić information content (AvgIpc) is 2.19. The van der Waals surface area contributed by atoms with Gasteiger partial charge >= 0.3 is 0 Å². The van der Waals surface area contributed by atoms with Gasteiger partial charge in [-0.25, -0.2) is 13.1 Å². The van der Waals surface area contributed by atoms with Gasteiger partial charge in [-0.3, -0.25) is 0 Å². The van der Waals surface area contributed by atoms with Gasteiger partial charge in [0.05, 0.1) is 5.25 Å². The van der Waals surface area contributed by atoms with Crippen LogP contribution in [0.3, 0.4) is 0 Å². The van der Waals surface area contributed by atoms with Crippen LogP contribution in [0.15, 0.2) is 12.7 Å². The number of hydrogen-bond acceptors (Lipinski definition) is 2. The van der Waals surface area contributed by atoms with E-state index in [9.17, 15) is 8.42 Å². The minimum absolute atomic E-state index is 0.152. The molecule has 1 rings (SSSR count). The summed E-state index contributed by atoms with van der Waals surface area (Å²) in [6.07, 6.45) is 7.35. The zero-order valence-corrected chi connectivity index (χ0v) is 9.35. The summed E-state index contributed by atoms with van der Waals surface area (Å²) in [5, 5.41) is -0.152. The Morgan fingerprint density at radius 2 is 1.93 bits per heavy atom. The second-order valence-electron chi connectivity index (χ2n) is 3.78. The van der Waals surface area contributed by atoms with Crippen molar-refractivity contribution in [2.24, 2.45) is 0 Å². The Morgan fingerprint density at radius 1 is 1.29 bits per heavy atom. The standard InChI is InChI=1S/C10H19NO2S/c1-2-3-9-11-14(12,13)10-7-5-4-6-8-10/h2,10-11H,1,3-9H2. The molecule has 0 aromatic carbocycles. The van der Waals surface area contributed by atoms with Crippen LogP contribution in [-0.4, -0.2) is 20.2 Å². The van der Waals surface area contributed by atoms with Crippen LogP contribution in [0.5, 0.6) is 0 Å². The zero-order chi connectivity index (χ0) is 10.4. The molecule has 4 heteroatoms. The van der Waals surface area contributed by atoms with E-state index in [4.69, 9.17) is 0 Å². The van der Waals surface area contributed by atoms with Crippen LogP contribution in [0.2, 0.25) is 0 Å². The highest BCUT2D eigenvalue weighted by atomic mass is 32.2. The molecule has 82 valence electrons. The molecule has 0 aliphatic heterocycles. The molecule has 1 aliphatic carbocycles. The van der Waals surface area contributed by atoms with E-state index in [1.165, 1.54) is 6.42 Å². The van der Waals surface area contributed by atoms with Crippen LogP contribution >= 0.6 is 0 Å². The van der Waals surface area contributed by atoms with Crippen LogP contribution in [0, 0.1) is 0 Å². The van der Waals surface area contributed by atoms with Crippen LogP contribution in [0.25, 0.3) is 0 Å². The molecular weight excluding hydrogens is 198 g/mol. The van der Waals surface area contributed by atoms with Gasteiger partial charge in [0.25, 0.3) is 0 Å². The van der Waals surface area contributed by atoms with Crippen molar-refractivity contribution in [1.82, 2.24) is 4.72 Å². The Kier molecular flexibility index (Phi) is 4.62. The topological polar surface area (TPSA) is 46.2 Å². The maximum absolute atomic E-state index is 11.7. The molecule has 1 N–H and O–H groups in total. The maximum atomic E-state index is 11.7. The highest BCUT2D eigenvalue weighted by Gasteiger charge is 2.26. The first-order chi connectivity index (χ1) is 6.67. The summed E-state index contributed by atoms with van der Waals surface area (Å²) in [5.74, 6) is 0. The lowest BCUT2D eigenvalue weighted by Crippen LogP contribution is -2.35. The van der Waals surface area contributed by atoms with Crippen LogP contribution < -0.4 is 4.72 Å². The molecule has 0 atom stereocenters. The Morgan fingerprint density at radius 3 is 2.50 bits per heavy atom. The fourth-order valence-electron chi connectivity index (χ4n) is 1.80. The normalized spacial score (nSPS) is 19.4. The van der Waals surface area contributed by atoms with E-state index in [0.29, 0.717) is 13.0 Å². The summed E-state index contributed by atoms with van der Waals surface area (Å²) in [7, 11) is -3.05. The molecule has 0 unspecified atom stereocenters. The van der Waals surface area contributed by atoms with E-state index in [1.54, 1.807) is 6.08 Å². The summed E-state index contributed by atoms with van der Waals surface area (Å²) in [6.45, 7) is 4.05. The third-order valence-electron chi connectivity index (χ3n) is 2.64. The van der Waals surface area contributed by atoms with Gasteiger partial charge < -0.3 is 0 Å². The quantitative estimate of drug-likeness (QED) is 0.564. The van der Waals surface area contributed by atoms with E-state index >= 15 is 0 Å². The van der Waals surface area contributed by atoms with Gasteiger partial charge in [-0.2, -0.15) is 0 Å². The average molecular weight is 217 g/mol. The van der Waals surface area contributed by atoms with Crippen molar-refractivity contribution in [3.63, 3.8) is 0 Å². The van der Waals surface area contributed by atoms with Crippen molar-refractivity contribution in [1.29, 1.82) is 0 Å². The molecule has 0 bridgehead atoms. The largest absolute Gasteiger partial charge is 0.215 e. The molecule has 1 saturated carbocycles. The Bertz CT molecular complexity index is 266. The van der Waals surface area contributed by atoms with Crippen molar-refractivity contribution in [2.75, 3.05) is 6.54 Å². The second-order valence-corrected chi connectivity index (χ2v) is 5.82. The number of sulfonamides is 1. The number of nitrogens with one attached hydrogen (secondary N) is 1. The number of hydrogen-bond donors (Lipinski definition) is 1. The Balaban J connectivity index is 2.42. The summed E-state index contributed by atoms with van der Waals surface area (Å²) < 4.78 is 26.1. The predicted molar refractivity (Wildman–Crippen MR) is 58.6 cm³/mol. The van der Waals surface area contributed by atoms with Gasteiger partial charge in [0, 0.05) is 6.54 Å². The van der Waals surface area contributed by atoms with E-state index in [0.717, 1.165) is 25.7 Å². The maximum Gasteiger partial charge on any atom is 0.214 e. The Labute approximate surface area is 86.6 Å². The van der Waals surface area contributed by atoms with E-state index in [2.05, 4.69) is 11.3 Å². The highest BCUT2D eigenvalue weighted by Crippen LogP contribution is 2.22. The monoisotopic (exact) mass is 217 g/mol. The van der Waals surface area contributed by atoms with E-state index < -0.39 is 10.0 Å². The smallest absolute Gasteiger partial charge is 0.214 e. The molecule has 14 heavy (non-hydrogen) atoms. The first kappa shape index (κ1) is 11.7. The predicted octanol–water partition coefficient (Wildman–Crippen LogP) is 1.81. The van der Waals surface area contributed by atoms with Crippen molar-refractivity contribution < 1.29 is 8.42 Å². The molecule has 3 nitrogen and oxygen atoms in total. The molecule has 0 amide bonds. The van der Waals surface area contributed by atoms with E-state index in [-0.39, 0.29) is 5.25 Å². The molecule has 0 aromatic heterocycles. The molecule has 0 aromatic rings. The first-order valence-electron chi connectivity index (χ1n) is 5.26.